The van der Waals surface area contributed by atoms with Crippen molar-refractivity contribution in [3.63, 3.8) is 0 Å². The molecule has 0 fully saturated rings. The van der Waals surface area contributed by atoms with Crippen LogP contribution in [0.4, 0.5) is 0 Å². The second kappa shape index (κ2) is 12.0. The smallest absolute Gasteiger partial charge is 0.340 e. The van der Waals surface area contributed by atoms with Crippen LogP contribution in [0.5, 0.6) is 11.5 Å². The zero-order chi connectivity index (χ0) is 28.9. The highest BCUT2D eigenvalue weighted by atomic mass is 16.6. The molecule has 0 saturated heterocycles. The topological polar surface area (TPSA) is 122 Å². The summed E-state index contributed by atoms with van der Waals surface area (Å²) in [6.07, 6.45) is 4.64. The van der Waals surface area contributed by atoms with Crippen LogP contribution in [0, 0.1) is 13.8 Å². The van der Waals surface area contributed by atoms with Crippen LogP contribution in [0.2, 0.25) is 0 Å². The van der Waals surface area contributed by atoms with Crippen LogP contribution in [0.1, 0.15) is 44.6 Å². The molecule has 10 nitrogen and oxygen atoms in total. The maximum atomic E-state index is 12.8. The molecule has 0 spiro atoms. The molecule has 2 aromatic heterocycles. The van der Waals surface area contributed by atoms with Crippen molar-refractivity contribution in [2.75, 3.05) is 26.4 Å². The van der Waals surface area contributed by atoms with Crippen molar-refractivity contribution in [1.82, 2.24) is 14.8 Å². The fraction of sp³-hybridized carbons (Fsp3) is 0.226. The summed E-state index contributed by atoms with van der Waals surface area (Å²) in [7, 11) is 0. The van der Waals surface area contributed by atoms with E-state index in [4.69, 9.17) is 24.0 Å². The van der Waals surface area contributed by atoms with Gasteiger partial charge in [0.1, 0.15) is 18.9 Å². The molecule has 0 atom stereocenters. The Bertz CT molecular complexity index is 1630. The van der Waals surface area contributed by atoms with E-state index in [0.29, 0.717) is 52.8 Å². The molecule has 4 aromatic rings. The number of para-hydroxylation sites is 1. The zero-order valence-electron chi connectivity index (χ0n) is 22.9. The summed E-state index contributed by atoms with van der Waals surface area (Å²) < 4.78 is 23.4. The van der Waals surface area contributed by atoms with Gasteiger partial charge in [0, 0.05) is 29.1 Å². The number of esters is 2. The van der Waals surface area contributed by atoms with Crippen LogP contribution in [-0.2, 0) is 14.3 Å². The predicted molar refractivity (Wildman–Crippen MR) is 151 cm³/mol. The Balaban J connectivity index is 1.34. The fourth-order valence-corrected chi connectivity index (χ4v) is 4.59. The first-order chi connectivity index (χ1) is 19.9. The fourth-order valence-electron chi connectivity index (χ4n) is 4.59. The molecule has 0 amide bonds. The molecule has 0 unspecified atom stereocenters. The van der Waals surface area contributed by atoms with E-state index in [1.165, 1.54) is 6.08 Å². The van der Waals surface area contributed by atoms with E-state index in [9.17, 15) is 14.4 Å². The highest BCUT2D eigenvalue weighted by molar-refractivity contribution is 6.03. The standard InChI is InChI=1S/C31H29N3O7/c1-4-38-31(37)28-19(2)29(32-20(28)3)24(35)18-41-27(36)13-11-22-17-34(23-8-6-5-7-9-23)33-30(22)21-10-12-25-26(16-21)40-15-14-39-25/h5-13,16-17,32H,4,14-15,18H2,1-3H3/b13-11+. The monoisotopic (exact) mass is 555 g/mol. The number of rotatable bonds is 9. The van der Waals surface area contributed by atoms with Gasteiger partial charge in [-0.15, -0.1) is 0 Å². The molecule has 1 N–H and O–H groups in total. The van der Waals surface area contributed by atoms with Gasteiger partial charge in [-0.05, 0) is 62.7 Å². The van der Waals surface area contributed by atoms with Gasteiger partial charge >= 0.3 is 11.9 Å². The Labute approximate surface area is 236 Å². The maximum absolute atomic E-state index is 12.8. The molecular weight excluding hydrogens is 526 g/mol. The minimum Gasteiger partial charge on any atom is -0.486 e. The number of aromatic nitrogens is 3. The van der Waals surface area contributed by atoms with Crippen LogP contribution < -0.4 is 9.47 Å². The van der Waals surface area contributed by atoms with Gasteiger partial charge in [-0.3, -0.25) is 4.79 Å². The lowest BCUT2D eigenvalue weighted by Gasteiger charge is -2.18. The number of ketones is 1. The van der Waals surface area contributed by atoms with Gasteiger partial charge in [-0.2, -0.15) is 5.10 Å². The van der Waals surface area contributed by atoms with Gasteiger partial charge in [0.25, 0.3) is 0 Å². The first kappa shape index (κ1) is 27.4. The number of H-pyrrole nitrogens is 1. The quantitative estimate of drug-likeness (QED) is 0.176. The average Bonchev–Trinajstić information content (AvgIpc) is 3.55. The number of ether oxygens (including phenoxy) is 4. The van der Waals surface area contributed by atoms with Gasteiger partial charge in [0.05, 0.1) is 23.6 Å². The average molecular weight is 556 g/mol. The molecule has 0 radical (unpaired) electrons. The Morgan fingerprint density at radius 2 is 1.78 bits per heavy atom. The number of hydrogen-bond acceptors (Lipinski definition) is 8. The summed E-state index contributed by atoms with van der Waals surface area (Å²) in [5.74, 6) is -0.392. The van der Waals surface area contributed by atoms with Crippen LogP contribution in [0.3, 0.4) is 0 Å². The van der Waals surface area contributed by atoms with Crippen molar-refractivity contribution in [2.45, 2.75) is 20.8 Å². The van der Waals surface area contributed by atoms with E-state index in [2.05, 4.69) is 4.98 Å². The molecule has 5 rings (SSSR count). The normalized spacial score (nSPS) is 12.4. The summed E-state index contributed by atoms with van der Waals surface area (Å²) in [5, 5.41) is 4.76. The van der Waals surface area contributed by atoms with Crippen LogP contribution in [0.15, 0.2) is 60.8 Å². The number of carbonyl (C=O) groups excluding carboxylic acids is 3. The number of nitrogens with one attached hydrogen (secondary N) is 1. The lowest BCUT2D eigenvalue weighted by atomic mass is 10.1. The Morgan fingerprint density at radius 1 is 1.02 bits per heavy atom. The molecule has 2 aromatic carbocycles. The highest BCUT2D eigenvalue weighted by Gasteiger charge is 2.23. The predicted octanol–water partition coefficient (Wildman–Crippen LogP) is 4.87. The molecule has 3 heterocycles. The van der Waals surface area contributed by atoms with Crippen molar-refractivity contribution < 1.29 is 33.3 Å². The largest absolute Gasteiger partial charge is 0.486 e. The van der Waals surface area contributed by atoms with Gasteiger partial charge in [0.2, 0.25) is 5.78 Å². The van der Waals surface area contributed by atoms with E-state index in [1.807, 2.05) is 48.5 Å². The number of carbonyl (C=O) groups is 3. The number of Topliss-reactive ketones (excluding diaryl/α,β-unsaturated/α-hetero) is 1. The maximum Gasteiger partial charge on any atom is 0.340 e. The number of aryl methyl sites for hydroxylation is 1. The van der Waals surface area contributed by atoms with Crippen LogP contribution in [0.25, 0.3) is 23.0 Å². The summed E-state index contributed by atoms with van der Waals surface area (Å²) >= 11 is 0. The molecule has 1 aliphatic rings. The molecule has 210 valence electrons. The van der Waals surface area contributed by atoms with E-state index >= 15 is 0 Å². The minimum atomic E-state index is -0.703. The summed E-state index contributed by atoms with van der Waals surface area (Å²) in [6, 6.07) is 15.1. The van der Waals surface area contributed by atoms with E-state index in [0.717, 1.165) is 11.3 Å². The molecule has 0 bridgehead atoms. The Kier molecular flexibility index (Phi) is 8.00. The molecule has 0 saturated carbocycles. The summed E-state index contributed by atoms with van der Waals surface area (Å²) in [5.41, 5.74) is 4.38. The van der Waals surface area contributed by atoms with Gasteiger partial charge in [-0.1, -0.05) is 18.2 Å². The van der Waals surface area contributed by atoms with E-state index in [1.54, 1.807) is 37.7 Å². The van der Waals surface area contributed by atoms with Crippen LogP contribution >= 0.6 is 0 Å². The van der Waals surface area contributed by atoms with E-state index in [-0.39, 0.29) is 12.3 Å². The van der Waals surface area contributed by atoms with Gasteiger partial charge < -0.3 is 23.9 Å². The summed E-state index contributed by atoms with van der Waals surface area (Å²) in [4.78, 5) is 40.5. The van der Waals surface area contributed by atoms with Crippen molar-refractivity contribution in [2.24, 2.45) is 0 Å². The van der Waals surface area contributed by atoms with Gasteiger partial charge in [-0.25, -0.2) is 14.3 Å². The highest BCUT2D eigenvalue weighted by Crippen LogP contribution is 2.35. The SMILES string of the molecule is CCOC(=O)c1c(C)[nH]c(C(=O)COC(=O)/C=C/c2cn(-c3ccccc3)nc2-c2ccc3c(c2)OCCO3)c1C. The Hall–Kier alpha value is -5.12. The molecule has 10 heteroatoms. The second-order valence-electron chi connectivity index (χ2n) is 9.28. The van der Waals surface area contributed by atoms with E-state index < -0.39 is 24.3 Å². The van der Waals surface area contributed by atoms with Crippen molar-refractivity contribution in [3.8, 4) is 28.4 Å². The molecule has 1 aliphatic heterocycles. The first-order valence-electron chi connectivity index (χ1n) is 13.1. The minimum absolute atomic E-state index is 0.201. The third-order valence-electron chi connectivity index (χ3n) is 6.52. The van der Waals surface area contributed by atoms with Crippen molar-refractivity contribution in [1.29, 1.82) is 0 Å². The Morgan fingerprint density at radius 3 is 2.54 bits per heavy atom. The first-order valence-corrected chi connectivity index (χ1v) is 13.1. The van der Waals surface area contributed by atoms with Crippen LogP contribution in [-0.4, -0.2) is 58.9 Å². The third kappa shape index (κ3) is 5.91. The van der Waals surface area contributed by atoms with Gasteiger partial charge in [0.15, 0.2) is 18.1 Å². The lowest BCUT2D eigenvalue weighted by Crippen LogP contribution is -2.15. The molecular formula is C31H29N3O7. The third-order valence-corrected chi connectivity index (χ3v) is 6.52. The number of fused-ring (bicyclic) bond motifs is 1. The summed E-state index contributed by atoms with van der Waals surface area (Å²) in [6.45, 7) is 5.71. The molecule has 41 heavy (non-hydrogen) atoms. The number of hydrogen-bond donors (Lipinski definition) is 1. The van der Waals surface area contributed by atoms with Crippen molar-refractivity contribution in [3.05, 3.63) is 88.9 Å². The number of benzene rings is 2. The van der Waals surface area contributed by atoms with Crippen molar-refractivity contribution >= 4 is 23.8 Å². The number of aromatic amines is 1. The zero-order valence-corrected chi connectivity index (χ0v) is 22.9. The molecule has 0 aliphatic carbocycles. The lowest BCUT2D eigenvalue weighted by molar-refractivity contribution is -0.136. The second-order valence-corrected chi connectivity index (χ2v) is 9.28. The number of nitrogens with zero attached hydrogens (tertiary/aromatic N) is 2.